The number of carbonyl (C=O) groups is 1. The van der Waals surface area contributed by atoms with Gasteiger partial charge in [0.1, 0.15) is 12.0 Å². The highest BCUT2D eigenvalue weighted by Gasteiger charge is 2.19. The fourth-order valence-electron chi connectivity index (χ4n) is 3.19. The first-order valence-corrected chi connectivity index (χ1v) is 9.18. The molecule has 0 amide bonds. The van der Waals surface area contributed by atoms with E-state index in [0.29, 0.717) is 6.42 Å². The number of methoxy groups -OCH3 is 1. The van der Waals surface area contributed by atoms with E-state index >= 15 is 0 Å². The van der Waals surface area contributed by atoms with Crippen LogP contribution in [-0.2, 0) is 24.3 Å². The first-order valence-electron chi connectivity index (χ1n) is 9.18. The lowest BCUT2D eigenvalue weighted by Crippen LogP contribution is -2.37. The maximum Gasteiger partial charge on any atom is 0.137 e. The van der Waals surface area contributed by atoms with Gasteiger partial charge in [-0.15, -0.1) is 0 Å². The molecule has 0 unspecified atom stereocenters. The Balaban J connectivity index is 1.80. The van der Waals surface area contributed by atoms with Gasteiger partial charge in [-0.25, -0.2) is 0 Å². The standard InChI is InChI=1S/C24H25NO2/c1-27-24-14-12-20(13-15-24)16-23(19-26)25(17-21-8-4-2-5-9-21)18-22-10-6-3-7-11-22/h2-15,19,23H,16-18H2,1H3/t23-/m1/s1. The molecule has 0 bridgehead atoms. The number of ether oxygens (including phenoxy) is 1. The largest absolute Gasteiger partial charge is 0.497 e. The number of rotatable bonds is 9. The molecule has 0 N–H and O–H groups in total. The van der Waals surface area contributed by atoms with Crippen LogP contribution in [-0.4, -0.2) is 24.3 Å². The van der Waals surface area contributed by atoms with Crippen molar-refractivity contribution in [3.8, 4) is 5.75 Å². The van der Waals surface area contributed by atoms with Gasteiger partial charge < -0.3 is 9.53 Å². The third-order valence-corrected chi connectivity index (χ3v) is 4.69. The Kier molecular flexibility index (Phi) is 6.78. The zero-order valence-corrected chi connectivity index (χ0v) is 15.6. The monoisotopic (exact) mass is 359 g/mol. The van der Waals surface area contributed by atoms with Gasteiger partial charge in [0.2, 0.25) is 0 Å². The smallest absolute Gasteiger partial charge is 0.137 e. The van der Waals surface area contributed by atoms with Gasteiger partial charge in [0.15, 0.2) is 0 Å². The summed E-state index contributed by atoms with van der Waals surface area (Å²) in [7, 11) is 1.66. The Morgan fingerprint density at radius 1 is 0.778 bits per heavy atom. The van der Waals surface area contributed by atoms with Crippen molar-refractivity contribution in [1.29, 1.82) is 0 Å². The molecule has 3 heteroatoms. The summed E-state index contributed by atoms with van der Waals surface area (Å²) in [5.74, 6) is 0.826. The lowest BCUT2D eigenvalue weighted by Gasteiger charge is -2.28. The van der Waals surface area contributed by atoms with Crippen molar-refractivity contribution in [2.75, 3.05) is 7.11 Å². The summed E-state index contributed by atoms with van der Waals surface area (Å²) >= 11 is 0. The van der Waals surface area contributed by atoms with E-state index in [2.05, 4.69) is 29.2 Å². The number of hydrogen-bond donors (Lipinski definition) is 0. The van der Waals surface area contributed by atoms with Crippen LogP contribution in [0.3, 0.4) is 0 Å². The second-order valence-corrected chi connectivity index (χ2v) is 6.63. The van der Waals surface area contributed by atoms with Gasteiger partial charge >= 0.3 is 0 Å². The Labute approximate surface area is 161 Å². The van der Waals surface area contributed by atoms with E-state index in [1.807, 2.05) is 60.7 Å². The van der Waals surface area contributed by atoms with Crippen molar-refractivity contribution in [2.45, 2.75) is 25.6 Å². The Morgan fingerprint density at radius 3 is 1.74 bits per heavy atom. The molecular formula is C24H25NO2. The van der Waals surface area contributed by atoms with Crippen molar-refractivity contribution >= 4 is 6.29 Å². The topological polar surface area (TPSA) is 29.5 Å². The molecule has 0 fully saturated rings. The second kappa shape index (κ2) is 9.70. The molecule has 3 aromatic rings. The van der Waals surface area contributed by atoms with Crippen LogP contribution in [0.1, 0.15) is 16.7 Å². The first-order chi connectivity index (χ1) is 13.3. The molecule has 1 atom stereocenters. The quantitative estimate of drug-likeness (QED) is 0.527. The molecule has 0 radical (unpaired) electrons. The van der Waals surface area contributed by atoms with Gasteiger partial charge in [-0.3, -0.25) is 4.90 Å². The zero-order chi connectivity index (χ0) is 18.9. The minimum Gasteiger partial charge on any atom is -0.497 e. The third kappa shape index (κ3) is 5.53. The number of benzene rings is 3. The normalized spacial score (nSPS) is 11.9. The van der Waals surface area contributed by atoms with Crippen LogP contribution in [0.2, 0.25) is 0 Å². The average Bonchev–Trinajstić information content (AvgIpc) is 2.73. The maximum atomic E-state index is 12.0. The van der Waals surface area contributed by atoms with Gasteiger partial charge in [-0.1, -0.05) is 72.8 Å². The fourth-order valence-corrected chi connectivity index (χ4v) is 3.19. The minimum atomic E-state index is -0.196. The minimum absolute atomic E-state index is 0.196. The number of carbonyl (C=O) groups excluding carboxylic acids is 1. The van der Waals surface area contributed by atoms with E-state index < -0.39 is 0 Å². The zero-order valence-electron chi connectivity index (χ0n) is 15.6. The van der Waals surface area contributed by atoms with E-state index in [4.69, 9.17) is 4.74 Å². The van der Waals surface area contributed by atoms with Gasteiger partial charge in [0.25, 0.3) is 0 Å². The van der Waals surface area contributed by atoms with E-state index in [1.54, 1.807) is 7.11 Å². The van der Waals surface area contributed by atoms with Crippen LogP contribution in [0.25, 0.3) is 0 Å². The predicted molar refractivity (Wildman–Crippen MR) is 109 cm³/mol. The van der Waals surface area contributed by atoms with E-state index in [-0.39, 0.29) is 6.04 Å². The van der Waals surface area contributed by atoms with Gasteiger partial charge in [0.05, 0.1) is 13.2 Å². The van der Waals surface area contributed by atoms with Crippen LogP contribution in [0, 0.1) is 0 Å². The highest BCUT2D eigenvalue weighted by Crippen LogP contribution is 2.18. The molecule has 0 saturated carbocycles. The molecule has 3 nitrogen and oxygen atoms in total. The van der Waals surface area contributed by atoms with Crippen molar-refractivity contribution in [2.24, 2.45) is 0 Å². The molecular weight excluding hydrogens is 334 g/mol. The van der Waals surface area contributed by atoms with E-state index in [0.717, 1.165) is 30.7 Å². The lowest BCUT2D eigenvalue weighted by molar-refractivity contribution is -0.112. The van der Waals surface area contributed by atoms with Gasteiger partial charge in [-0.2, -0.15) is 0 Å². The molecule has 138 valence electrons. The van der Waals surface area contributed by atoms with E-state index in [1.165, 1.54) is 11.1 Å². The molecule has 0 aliphatic heterocycles. The van der Waals surface area contributed by atoms with Crippen LogP contribution in [0.5, 0.6) is 5.75 Å². The maximum absolute atomic E-state index is 12.0. The molecule has 27 heavy (non-hydrogen) atoms. The molecule has 0 heterocycles. The average molecular weight is 359 g/mol. The van der Waals surface area contributed by atoms with Crippen molar-refractivity contribution in [3.63, 3.8) is 0 Å². The molecule has 0 aliphatic carbocycles. The van der Waals surface area contributed by atoms with Crippen LogP contribution in [0.4, 0.5) is 0 Å². The molecule has 0 aromatic heterocycles. The summed E-state index contributed by atoms with van der Waals surface area (Å²) in [6, 6.07) is 28.3. The highest BCUT2D eigenvalue weighted by atomic mass is 16.5. The summed E-state index contributed by atoms with van der Waals surface area (Å²) in [4.78, 5) is 14.2. The first kappa shape index (κ1) is 18.9. The summed E-state index contributed by atoms with van der Waals surface area (Å²) in [6.45, 7) is 1.46. The molecule has 0 aliphatic rings. The number of hydrogen-bond acceptors (Lipinski definition) is 3. The second-order valence-electron chi connectivity index (χ2n) is 6.63. The highest BCUT2D eigenvalue weighted by molar-refractivity contribution is 5.58. The summed E-state index contributed by atoms with van der Waals surface area (Å²) in [6.07, 6.45) is 1.74. The fraction of sp³-hybridized carbons (Fsp3) is 0.208. The SMILES string of the molecule is COc1ccc(C[C@H](C=O)N(Cc2ccccc2)Cc2ccccc2)cc1. The van der Waals surface area contributed by atoms with Crippen molar-refractivity contribution in [1.82, 2.24) is 4.90 Å². The van der Waals surface area contributed by atoms with Crippen LogP contribution in [0.15, 0.2) is 84.9 Å². The number of nitrogens with zero attached hydrogens (tertiary/aromatic N) is 1. The summed E-state index contributed by atoms with van der Waals surface area (Å²) in [5, 5.41) is 0. The van der Waals surface area contributed by atoms with Crippen molar-refractivity contribution < 1.29 is 9.53 Å². The number of aldehydes is 1. The molecule has 3 aromatic carbocycles. The predicted octanol–water partition coefficient (Wildman–Crippen LogP) is 4.51. The van der Waals surface area contributed by atoms with Crippen LogP contribution < -0.4 is 4.74 Å². The molecule has 0 saturated heterocycles. The summed E-state index contributed by atoms with van der Waals surface area (Å²) in [5.41, 5.74) is 3.53. The Morgan fingerprint density at radius 2 is 1.30 bits per heavy atom. The van der Waals surface area contributed by atoms with Gasteiger partial charge in [0, 0.05) is 13.1 Å². The van der Waals surface area contributed by atoms with Crippen LogP contribution >= 0.6 is 0 Å². The Hall–Kier alpha value is -2.91. The third-order valence-electron chi connectivity index (χ3n) is 4.69. The van der Waals surface area contributed by atoms with Gasteiger partial charge in [-0.05, 0) is 35.2 Å². The lowest BCUT2D eigenvalue weighted by atomic mass is 10.0. The molecule has 0 spiro atoms. The van der Waals surface area contributed by atoms with E-state index in [9.17, 15) is 4.79 Å². The summed E-state index contributed by atoms with van der Waals surface area (Å²) < 4.78 is 5.23. The molecule has 3 rings (SSSR count). The van der Waals surface area contributed by atoms with Crippen molar-refractivity contribution in [3.05, 3.63) is 102 Å². The Bertz CT molecular complexity index is 775.